The molecule has 4 fully saturated rings. The highest BCUT2D eigenvalue weighted by molar-refractivity contribution is 8.16. The standard InChI is InChI=1S/C20H31N3O2S/c1-12(2)17(24)23-8-6-15(7-9-23)20(3)18(25)22-19(26-20)21-16-11-13-4-5-14(16)10-13/h12-16H,4-11H2,1-3H3,(H,21,22,25)/t13-,14+,16+,20?/m1/s1. The van der Waals surface area contributed by atoms with E-state index in [1.54, 1.807) is 11.8 Å². The predicted octanol–water partition coefficient (Wildman–Crippen LogP) is 3.05. The molecule has 5 nitrogen and oxygen atoms in total. The van der Waals surface area contributed by atoms with E-state index in [1.807, 2.05) is 18.7 Å². The first-order valence-electron chi connectivity index (χ1n) is 10.2. The molecular weight excluding hydrogens is 346 g/mol. The summed E-state index contributed by atoms with van der Waals surface area (Å²) in [7, 11) is 0. The Bertz CT molecular complexity index is 627. The van der Waals surface area contributed by atoms with Crippen LogP contribution in [-0.2, 0) is 9.59 Å². The van der Waals surface area contributed by atoms with Crippen LogP contribution in [0.3, 0.4) is 0 Å². The Balaban J connectivity index is 1.39. The van der Waals surface area contributed by atoms with E-state index in [2.05, 4.69) is 12.2 Å². The normalized spacial score (nSPS) is 39.2. The second kappa shape index (κ2) is 6.84. The fraction of sp³-hybridized carbons (Fsp3) is 0.850. The van der Waals surface area contributed by atoms with Crippen molar-refractivity contribution in [2.24, 2.45) is 28.7 Å². The lowest BCUT2D eigenvalue weighted by Gasteiger charge is -2.38. The maximum Gasteiger partial charge on any atom is 0.242 e. The summed E-state index contributed by atoms with van der Waals surface area (Å²) < 4.78 is -0.441. The number of thioether (sulfide) groups is 1. The third kappa shape index (κ3) is 3.19. The Kier molecular flexibility index (Phi) is 4.82. The average molecular weight is 378 g/mol. The summed E-state index contributed by atoms with van der Waals surface area (Å²) in [6.45, 7) is 7.51. The van der Waals surface area contributed by atoms with Crippen molar-refractivity contribution in [2.75, 3.05) is 13.1 Å². The lowest BCUT2D eigenvalue weighted by molar-refractivity contribution is -0.136. The fourth-order valence-electron chi connectivity index (χ4n) is 5.36. The monoisotopic (exact) mass is 377 g/mol. The van der Waals surface area contributed by atoms with Gasteiger partial charge in [0.15, 0.2) is 5.17 Å². The van der Waals surface area contributed by atoms with Crippen LogP contribution in [0.4, 0.5) is 0 Å². The van der Waals surface area contributed by atoms with Crippen LogP contribution in [0.15, 0.2) is 4.99 Å². The molecule has 0 aromatic rings. The van der Waals surface area contributed by atoms with Crippen LogP contribution in [0.5, 0.6) is 0 Å². The molecule has 0 aromatic carbocycles. The average Bonchev–Trinajstić information content (AvgIpc) is 3.30. The number of piperidine rings is 1. The zero-order chi connectivity index (χ0) is 18.5. The van der Waals surface area contributed by atoms with Crippen molar-refractivity contribution < 1.29 is 9.59 Å². The van der Waals surface area contributed by atoms with Gasteiger partial charge < -0.3 is 10.2 Å². The fourth-order valence-corrected chi connectivity index (χ4v) is 6.64. The summed E-state index contributed by atoms with van der Waals surface area (Å²) >= 11 is 1.64. The first-order chi connectivity index (χ1) is 12.4. The highest BCUT2D eigenvalue weighted by atomic mass is 32.2. The second-order valence-corrected chi connectivity index (χ2v) is 10.5. The highest BCUT2D eigenvalue weighted by Crippen LogP contribution is 2.48. The number of aliphatic imine (C=N–C) groups is 1. The number of amidine groups is 1. The van der Waals surface area contributed by atoms with Crippen LogP contribution in [0.25, 0.3) is 0 Å². The summed E-state index contributed by atoms with van der Waals surface area (Å²) in [5.74, 6) is 2.30. The van der Waals surface area contributed by atoms with Gasteiger partial charge in [-0.2, -0.15) is 0 Å². The Morgan fingerprint density at radius 2 is 1.96 bits per heavy atom. The van der Waals surface area contributed by atoms with Crippen molar-refractivity contribution >= 4 is 28.7 Å². The topological polar surface area (TPSA) is 61.8 Å². The summed E-state index contributed by atoms with van der Waals surface area (Å²) in [6.07, 6.45) is 7.02. The van der Waals surface area contributed by atoms with Gasteiger partial charge in [-0.1, -0.05) is 32.0 Å². The van der Waals surface area contributed by atoms with Gasteiger partial charge in [-0.15, -0.1) is 0 Å². The van der Waals surface area contributed by atoms with Gasteiger partial charge in [-0.05, 0) is 56.8 Å². The van der Waals surface area contributed by atoms with E-state index in [-0.39, 0.29) is 17.7 Å². The zero-order valence-corrected chi connectivity index (χ0v) is 17.0. The Morgan fingerprint density at radius 3 is 2.54 bits per heavy atom. The molecule has 1 N–H and O–H groups in total. The number of hydrogen-bond acceptors (Lipinski definition) is 4. The van der Waals surface area contributed by atoms with Gasteiger partial charge in [0.05, 0.1) is 6.04 Å². The van der Waals surface area contributed by atoms with Crippen molar-refractivity contribution in [3.8, 4) is 0 Å². The van der Waals surface area contributed by atoms with Gasteiger partial charge in [-0.3, -0.25) is 14.6 Å². The molecule has 26 heavy (non-hydrogen) atoms. The third-order valence-corrected chi connectivity index (χ3v) is 8.39. The van der Waals surface area contributed by atoms with Crippen LogP contribution in [0.1, 0.15) is 59.3 Å². The van der Waals surface area contributed by atoms with Crippen molar-refractivity contribution in [3.05, 3.63) is 0 Å². The molecule has 4 aliphatic rings. The minimum Gasteiger partial charge on any atom is -0.342 e. The van der Waals surface area contributed by atoms with E-state index in [0.29, 0.717) is 12.0 Å². The molecule has 2 bridgehead atoms. The van der Waals surface area contributed by atoms with E-state index >= 15 is 0 Å². The van der Waals surface area contributed by atoms with E-state index in [4.69, 9.17) is 4.99 Å². The molecule has 1 unspecified atom stereocenters. The van der Waals surface area contributed by atoms with Crippen LogP contribution in [0.2, 0.25) is 0 Å². The molecule has 2 heterocycles. The number of fused-ring (bicyclic) bond motifs is 2. The van der Waals surface area contributed by atoms with Gasteiger partial charge in [0.1, 0.15) is 4.75 Å². The molecule has 4 rings (SSSR count). The van der Waals surface area contributed by atoms with E-state index in [9.17, 15) is 9.59 Å². The van der Waals surface area contributed by atoms with Gasteiger partial charge in [-0.25, -0.2) is 0 Å². The Labute approximate surface area is 160 Å². The predicted molar refractivity (Wildman–Crippen MR) is 105 cm³/mol. The highest BCUT2D eigenvalue weighted by Gasteiger charge is 2.50. The third-order valence-electron chi connectivity index (χ3n) is 7.04. The van der Waals surface area contributed by atoms with Crippen LogP contribution in [0, 0.1) is 23.7 Å². The maximum atomic E-state index is 12.8. The number of carbonyl (C=O) groups is 2. The smallest absolute Gasteiger partial charge is 0.242 e. The van der Waals surface area contributed by atoms with Crippen molar-refractivity contribution in [3.63, 3.8) is 0 Å². The first-order valence-corrected chi connectivity index (χ1v) is 11.1. The molecule has 6 heteroatoms. The molecular formula is C20H31N3O2S. The van der Waals surface area contributed by atoms with Gasteiger partial charge in [0.25, 0.3) is 0 Å². The van der Waals surface area contributed by atoms with E-state index in [0.717, 1.165) is 42.9 Å². The Hall–Kier alpha value is -1.04. The molecule has 0 radical (unpaired) electrons. The summed E-state index contributed by atoms with van der Waals surface area (Å²) in [4.78, 5) is 31.9. The maximum absolute atomic E-state index is 12.8. The Morgan fingerprint density at radius 1 is 1.23 bits per heavy atom. The molecule has 4 atom stereocenters. The quantitative estimate of drug-likeness (QED) is 0.822. The summed E-state index contributed by atoms with van der Waals surface area (Å²) in [5.41, 5.74) is 0. The molecule has 2 saturated carbocycles. The molecule has 144 valence electrons. The molecule has 2 aliphatic carbocycles. The molecule has 2 amide bonds. The zero-order valence-electron chi connectivity index (χ0n) is 16.2. The van der Waals surface area contributed by atoms with E-state index < -0.39 is 4.75 Å². The van der Waals surface area contributed by atoms with Crippen molar-refractivity contribution in [1.29, 1.82) is 0 Å². The summed E-state index contributed by atoms with van der Waals surface area (Å²) in [6, 6.07) is 0.421. The van der Waals surface area contributed by atoms with Crippen LogP contribution in [-0.4, -0.2) is 45.8 Å². The number of nitrogens with one attached hydrogen (secondary N) is 1. The largest absolute Gasteiger partial charge is 0.342 e. The lowest BCUT2D eigenvalue weighted by Crippen LogP contribution is -2.48. The number of likely N-dealkylation sites (tertiary alicyclic amines) is 1. The molecule has 2 saturated heterocycles. The van der Waals surface area contributed by atoms with Crippen molar-refractivity contribution in [2.45, 2.75) is 70.1 Å². The number of nitrogens with zero attached hydrogens (tertiary/aromatic N) is 2. The number of rotatable bonds is 3. The first kappa shape index (κ1) is 18.3. The number of amides is 2. The van der Waals surface area contributed by atoms with Gasteiger partial charge in [0.2, 0.25) is 11.8 Å². The van der Waals surface area contributed by atoms with Gasteiger partial charge in [0, 0.05) is 19.0 Å². The van der Waals surface area contributed by atoms with Crippen LogP contribution >= 0.6 is 11.8 Å². The molecule has 0 spiro atoms. The number of hydrogen-bond donors (Lipinski definition) is 1. The minimum absolute atomic E-state index is 0.0479. The molecule has 2 aliphatic heterocycles. The lowest BCUT2D eigenvalue weighted by atomic mass is 9.84. The molecule has 0 aromatic heterocycles. The van der Waals surface area contributed by atoms with Crippen LogP contribution < -0.4 is 5.32 Å². The van der Waals surface area contributed by atoms with E-state index in [1.165, 1.54) is 25.7 Å². The minimum atomic E-state index is -0.441. The second-order valence-electron chi connectivity index (χ2n) is 9.09. The SMILES string of the molecule is CC(C)C(=O)N1CCC(C2(C)SC(=N[C@H]3C[C@@H]4CC[C@H]3C4)NC2=O)CC1. The number of carbonyl (C=O) groups excluding carboxylic acids is 2. The van der Waals surface area contributed by atoms with Crippen molar-refractivity contribution in [1.82, 2.24) is 10.2 Å². The summed E-state index contributed by atoms with van der Waals surface area (Å²) in [5, 5.41) is 3.92. The van der Waals surface area contributed by atoms with Gasteiger partial charge >= 0.3 is 0 Å².